The molecule has 1 N–H and O–H groups in total. The molecule has 2 aromatic carbocycles. The molecular formula is C21H21NO6. The van der Waals surface area contributed by atoms with Gasteiger partial charge in [-0.2, -0.15) is 0 Å². The van der Waals surface area contributed by atoms with Gasteiger partial charge in [-0.1, -0.05) is 0 Å². The summed E-state index contributed by atoms with van der Waals surface area (Å²) in [5.41, 5.74) is 3.98. The molecule has 0 fully saturated rings. The van der Waals surface area contributed by atoms with Crippen LogP contribution in [0.5, 0.6) is 28.7 Å². The number of rotatable bonds is 2. The van der Waals surface area contributed by atoms with Gasteiger partial charge in [-0.25, -0.2) is 0 Å². The number of ether oxygens (including phenoxy) is 5. The first-order valence-electron chi connectivity index (χ1n) is 9.51. The molecule has 28 heavy (non-hydrogen) atoms. The zero-order chi connectivity index (χ0) is 18.9. The lowest BCUT2D eigenvalue weighted by Gasteiger charge is -2.51. The molecule has 6 rings (SSSR count). The molecule has 0 bridgehead atoms. The second-order valence-electron chi connectivity index (χ2n) is 7.69. The Bertz CT molecular complexity index is 990. The van der Waals surface area contributed by atoms with E-state index in [1.54, 1.807) is 7.11 Å². The predicted octanol–water partition coefficient (Wildman–Crippen LogP) is 1.95. The Labute approximate surface area is 162 Å². The molecule has 0 spiro atoms. The fourth-order valence-electron chi connectivity index (χ4n) is 5.12. The van der Waals surface area contributed by atoms with Crippen molar-refractivity contribution in [1.29, 1.82) is 0 Å². The number of hydrogen-bond donors (Lipinski definition) is 1. The summed E-state index contributed by atoms with van der Waals surface area (Å²) in [7, 11) is 1.65. The van der Waals surface area contributed by atoms with E-state index in [0.717, 1.165) is 47.9 Å². The average molecular weight is 383 g/mol. The molecule has 4 aliphatic rings. The van der Waals surface area contributed by atoms with E-state index in [9.17, 15) is 5.11 Å². The van der Waals surface area contributed by atoms with E-state index in [0.29, 0.717) is 17.9 Å². The van der Waals surface area contributed by atoms with Crippen LogP contribution in [0.25, 0.3) is 0 Å². The fraction of sp³-hybridized carbons (Fsp3) is 0.429. The molecule has 146 valence electrons. The Morgan fingerprint density at radius 1 is 1.00 bits per heavy atom. The van der Waals surface area contributed by atoms with Crippen molar-refractivity contribution in [3.05, 3.63) is 40.5 Å². The van der Waals surface area contributed by atoms with Crippen molar-refractivity contribution < 1.29 is 28.8 Å². The first-order valence-corrected chi connectivity index (χ1v) is 9.51. The molecule has 0 radical (unpaired) electrons. The van der Waals surface area contributed by atoms with Gasteiger partial charge in [0.15, 0.2) is 23.0 Å². The summed E-state index contributed by atoms with van der Waals surface area (Å²) in [6, 6.07) is 6.18. The van der Waals surface area contributed by atoms with Crippen LogP contribution in [0.2, 0.25) is 0 Å². The third kappa shape index (κ3) is 2.00. The molecule has 1 atom stereocenters. The highest BCUT2D eigenvalue weighted by Gasteiger charge is 2.49. The van der Waals surface area contributed by atoms with E-state index in [1.807, 2.05) is 6.07 Å². The number of benzene rings is 2. The maximum absolute atomic E-state index is 10.7. The Hall–Kier alpha value is -2.64. The van der Waals surface area contributed by atoms with Gasteiger partial charge >= 0.3 is 0 Å². The van der Waals surface area contributed by atoms with Crippen LogP contribution in [0.15, 0.2) is 18.2 Å². The number of hydrogen-bond acceptors (Lipinski definition) is 7. The summed E-state index contributed by atoms with van der Waals surface area (Å²) in [5, 5.41) is 10.7. The van der Waals surface area contributed by atoms with Crippen molar-refractivity contribution in [3.63, 3.8) is 0 Å². The zero-order valence-electron chi connectivity index (χ0n) is 15.6. The Morgan fingerprint density at radius 3 is 2.50 bits per heavy atom. The third-order valence-electron chi connectivity index (χ3n) is 6.43. The van der Waals surface area contributed by atoms with E-state index in [-0.39, 0.29) is 20.2 Å². The van der Waals surface area contributed by atoms with Gasteiger partial charge in [0, 0.05) is 18.7 Å². The van der Waals surface area contributed by atoms with E-state index in [4.69, 9.17) is 23.7 Å². The van der Waals surface area contributed by atoms with Gasteiger partial charge in [0.25, 0.3) is 0 Å². The number of aliphatic hydroxyl groups excluding tert-OH is 1. The van der Waals surface area contributed by atoms with Gasteiger partial charge in [-0.05, 0) is 47.7 Å². The SMILES string of the molecule is COc1c2c(cc3c1[C@]1(CO)Cc4cc5c(cc4CN1CC3)OCO5)OCO2. The molecule has 0 amide bonds. The number of methoxy groups -OCH3 is 1. The van der Waals surface area contributed by atoms with Crippen molar-refractivity contribution in [3.8, 4) is 28.7 Å². The van der Waals surface area contributed by atoms with Crippen molar-refractivity contribution in [2.24, 2.45) is 0 Å². The summed E-state index contributed by atoms with van der Waals surface area (Å²) in [6.45, 7) is 2.03. The van der Waals surface area contributed by atoms with Crippen LogP contribution in [0, 0.1) is 0 Å². The fourth-order valence-corrected chi connectivity index (χ4v) is 5.12. The van der Waals surface area contributed by atoms with E-state index in [2.05, 4.69) is 17.0 Å². The second kappa shape index (κ2) is 5.68. The first kappa shape index (κ1) is 16.3. The molecule has 7 heteroatoms. The minimum absolute atomic E-state index is 0.0100. The number of nitrogens with zero attached hydrogens (tertiary/aromatic N) is 1. The summed E-state index contributed by atoms with van der Waals surface area (Å²) in [4.78, 5) is 2.35. The lowest BCUT2D eigenvalue weighted by molar-refractivity contribution is -0.000719. The van der Waals surface area contributed by atoms with Gasteiger partial charge < -0.3 is 28.8 Å². The topological polar surface area (TPSA) is 69.6 Å². The molecule has 0 aromatic heterocycles. The lowest BCUT2D eigenvalue weighted by Crippen LogP contribution is -2.56. The normalized spacial score (nSPS) is 23.8. The summed E-state index contributed by atoms with van der Waals surface area (Å²) >= 11 is 0. The van der Waals surface area contributed by atoms with E-state index < -0.39 is 5.54 Å². The monoisotopic (exact) mass is 383 g/mol. The minimum Gasteiger partial charge on any atom is -0.492 e. The number of aliphatic hydroxyl groups is 1. The van der Waals surface area contributed by atoms with Crippen LogP contribution in [-0.2, 0) is 24.9 Å². The molecular weight excluding hydrogens is 362 g/mol. The molecule has 2 aromatic rings. The highest BCUT2D eigenvalue weighted by molar-refractivity contribution is 5.64. The maximum Gasteiger partial charge on any atom is 0.231 e. The standard InChI is InChI=1S/C21H21NO6/c1-24-20-18-12(4-17-19(20)28-11-27-17)2-3-22-8-14-6-16-15(25-10-26-16)5-13(14)7-21(18,22)9-23/h4-6,23H,2-3,7-11H2,1H3/t21-/m1/s1. The minimum atomic E-state index is -0.569. The van der Waals surface area contributed by atoms with Crippen LogP contribution in [0.3, 0.4) is 0 Å². The zero-order valence-corrected chi connectivity index (χ0v) is 15.6. The molecule has 4 heterocycles. The van der Waals surface area contributed by atoms with Crippen LogP contribution in [-0.4, -0.2) is 43.9 Å². The maximum atomic E-state index is 10.7. The van der Waals surface area contributed by atoms with Crippen LogP contribution in [0.4, 0.5) is 0 Å². The van der Waals surface area contributed by atoms with Crippen molar-refractivity contribution >= 4 is 0 Å². The highest BCUT2D eigenvalue weighted by Crippen LogP contribution is 2.54. The highest BCUT2D eigenvalue weighted by atomic mass is 16.7. The van der Waals surface area contributed by atoms with Crippen LogP contribution >= 0.6 is 0 Å². The largest absolute Gasteiger partial charge is 0.492 e. The average Bonchev–Trinajstić information content (AvgIpc) is 3.37. The van der Waals surface area contributed by atoms with E-state index in [1.165, 1.54) is 11.1 Å². The quantitative estimate of drug-likeness (QED) is 0.850. The van der Waals surface area contributed by atoms with Crippen LogP contribution < -0.4 is 23.7 Å². The van der Waals surface area contributed by atoms with Gasteiger partial charge in [0.1, 0.15) is 0 Å². The number of fused-ring (bicyclic) bond motifs is 6. The molecule has 4 aliphatic heterocycles. The lowest BCUT2D eigenvalue weighted by atomic mass is 9.73. The van der Waals surface area contributed by atoms with Gasteiger partial charge in [-0.3, -0.25) is 4.90 Å². The molecule has 0 unspecified atom stereocenters. The second-order valence-corrected chi connectivity index (χ2v) is 7.69. The van der Waals surface area contributed by atoms with Crippen LogP contribution in [0.1, 0.15) is 22.3 Å². The van der Waals surface area contributed by atoms with Gasteiger partial charge in [0.05, 0.1) is 19.3 Å². The Morgan fingerprint density at radius 2 is 1.71 bits per heavy atom. The summed E-state index contributed by atoms with van der Waals surface area (Å²) in [5.74, 6) is 3.60. The predicted molar refractivity (Wildman–Crippen MR) is 98.3 cm³/mol. The molecule has 0 saturated carbocycles. The van der Waals surface area contributed by atoms with Gasteiger partial charge in [0.2, 0.25) is 19.3 Å². The van der Waals surface area contributed by atoms with Crippen molar-refractivity contribution in [2.45, 2.75) is 24.9 Å². The van der Waals surface area contributed by atoms with Crippen molar-refractivity contribution in [1.82, 2.24) is 4.90 Å². The Balaban J connectivity index is 1.55. The molecule has 0 saturated heterocycles. The smallest absolute Gasteiger partial charge is 0.231 e. The van der Waals surface area contributed by atoms with E-state index >= 15 is 0 Å². The molecule has 0 aliphatic carbocycles. The van der Waals surface area contributed by atoms with Crippen molar-refractivity contribution in [2.75, 3.05) is 33.8 Å². The summed E-state index contributed by atoms with van der Waals surface area (Å²) in [6.07, 6.45) is 1.53. The Kier molecular flexibility index (Phi) is 3.31. The first-order chi connectivity index (χ1) is 13.7. The molecule has 7 nitrogen and oxygen atoms in total. The summed E-state index contributed by atoms with van der Waals surface area (Å²) < 4.78 is 28.3. The van der Waals surface area contributed by atoms with Gasteiger partial charge in [-0.15, -0.1) is 0 Å². The third-order valence-corrected chi connectivity index (χ3v) is 6.43.